The quantitative estimate of drug-likeness (QED) is 0.525. The Hall–Kier alpha value is -1.06. The van der Waals surface area contributed by atoms with Gasteiger partial charge in [0.05, 0.1) is 5.41 Å². The molecule has 4 nitrogen and oxygen atoms in total. The van der Waals surface area contributed by atoms with Crippen molar-refractivity contribution in [3.63, 3.8) is 0 Å². The van der Waals surface area contributed by atoms with E-state index in [4.69, 9.17) is 0 Å². The average Bonchev–Trinajstić information content (AvgIpc) is 2.31. The van der Waals surface area contributed by atoms with Crippen LogP contribution in [0.25, 0.3) is 0 Å². The van der Waals surface area contributed by atoms with Crippen molar-refractivity contribution in [1.29, 1.82) is 0 Å². The van der Waals surface area contributed by atoms with Crippen LogP contribution in [0.3, 0.4) is 0 Å². The maximum atomic E-state index is 11.2. The minimum absolute atomic E-state index is 0.0453. The van der Waals surface area contributed by atoms with Gasteiger partial charge in [-0.3, -0.25) is 9.59 Å². The van der Waals surface area contributed by atoms with Crippen molar-refractivity contribution in [1.82, 2.24) is 10.6 Å². The summed E-state index contributed by atoms with van der Waals surface area (Å²) < 4.78 is 0. The summed E-state index contributed by atoms with van der Waals surface area (Å²) in [6.07, 6.45) is 0.298. The fourth-order valence-corrected chi connectivity index (χ4v) is 1.24. The van der Waals surface area contributed by atoms with Crippen LogP contribution in [0.2, 0.25) is 0 Å². The van der Waals surface area contributed by atoms with Crippen LogP contribution in [0, 0.1) is 5.41 Å². The Labute approximate surface area is 65.3 Å². The second-order valence-electron chi connectivity index (χ2n) is 3.09. The molecule has 11 heavy (non-hydrogen) atoms. The summed E-state index contributed by atoms with van der Waals surface area (Å²) in [5.41, 5.74) is -0.536. The Morgan fingerprint density at radius 2 is 2.36 bits per heavy atom. The maximum absolute atomic E-state index is 11.2. The number of hydrogen-bond donors (Lipinski definition) is 2. The third-order valence-corrected chi connectivity index (χ3v) is 2.00. The molecule has 0 radical (unpaired) electrons. The largest absolute Gasteiger partial charge is 0.359 e. The predicted octanol–water partition coefficient (Wildman–Crippen LogP) is -0.741. The van der Waals surface area contributed by atoms with Crippen molar-refractivity contribution < 1.29 is 9.59 Å². The van der Waals surface area contributed by atoms with E-state index in [1.165, 1.54) is 0 Å². The maximum Gasteiger partial charge on any atom is 0.227 e. The lowest BCUT2D eigenvalue weighted by Crippen LogP contribution is -2.38. The Morgan fingerprint density at radius 1 is 1.73 bits per heavy atom. The van der Waals surface area contributed by atoms with Crippen LogP contribution in [-0.2, 0) is 9.59 Å². The van der Waals surface area contributed by atoms with Crippen molar-refractivity contribution in [2.45, 2.75) is 13.3 Å². The summed E-state index contributed by atoms with van der Waals surface area (Å²) in [6.45, 7) is 2.23. The molecule has 1 aliphatic heterocycles. The highest BCUT2D eigenvalue weighted by molar-refractivity contribution is 5.91. The first-order chi connectivity index (χ1) is 5.08. The number of carbonyl (C=O) groups excluding carboxylic acids is 2. The van der Waals surface area contributed by atoms with Gasteiger partial charge in [0.1, 0.15) is 0 Å². The fraction of sp³-hybridized carbons (Fsp3) is 0.714. The molecule has 0 aromatic heterocycles. The molecule has 2 N–H and O–H groups in total. The van der Waals surface area contributed by atoms with Crippen molar-refractivity contribution in [3.8, 4) is 0 Å². The summed E-state index contributed by atoms with van der Waals surface area (Å²) >= 11 is 0. The highest BCUT2D eigenvalue weighted by Crippen LogP contribution is 2.24. The van der Waals surface area contributed by atoms with E-state index in [2.05, 4.69) is 10.6 Å². The first-order valence-electron chi connectivity index (χ1n) is 3.57. The minimum Gasteiger partial charge on any atom is -0.359 e. The van der Waals surface area contributed by atoms with Gasteiger partial charge >= 0.3 is 0 Å². The summed E-state index contributed by atoms with van der Waals surface area (Å²) in [5.74, 6) is -0.119. The zero-order valence-electron chi connectivity index (χ0n) is 6.73. The molecule has 0 aromatic rings. The normalized spacial score (nSPS) is 29.8. The molecule has 4 heteroatoms. The van der Waals surface area contributed by atoms with Gasteiger partial charge in [-0.25, -0.2) is 0 Å². The van der Waals surface area contributed by atoms with Crippen molar-refractivity contribution >= 4 is 11.8 Å². The molecule has 0 spiro atoms. The standard InChI is InChI=1S/C7H12N2O2/c1-7(6(11)8-2)3-5(10)9-4-7/h3-4H2,1-2H3,(H,8,11)(H,9,10). The number of carbonyl (C=O) groups is 2. The van der Waals surface area contributed by atoms with E-state index < -0.39 is 5.41 Å². The number of rotatable bonds is 1. The SMILES string of the molecule is CNC(=O)C1(C)CNC(=O)C1. The molecule has 0 aliphatic carbocycles. The lowest BCUT2D eigenvalue weighted by atomic mass is 9.89. The zero-order valence-corrected chi connectivity index (χ0v) is 6.73. The van der Waals surface area contributed by atoms with Crippen LogP contribution in [-0.4, -0.2) is 25.4 Å². The van der Waals surface area contributed by atoms with E-state index in [-0.39, 0.29) is 11.8 Å². The summed E-state index contributed by atoms with van der Waals surface area (Å²) in [5, 5.41) is 5.16. The van der Waals surface area contributed by atoms with E-state index in [0.717, 1.165) is 0 Å². The predicted molar refractivity (Wildman–Crippen MR) is 39.8 cm³/mol. The lowest BCUT2D eigenvalue weighted by molar-refractivity contribution is -0.130. The van der Waals surface area contributed by atoms with Crippen molar-refractivity contribution in [2.24, 2.45) is 5.41 Å². The van der Waals surface area contributed by atoms with Crippen LogP contribution < -0.4 is 10.6 Å². The Morgan fingerprint density at radius 3 is 2.73 bits per heavy atom. The highest BCUT2D eigenvalue weighted by atomic mass is 16.2. The van der Waals surface area contributed by atoms with Gasteiger partial charge in [0.25, 0.3) is 0 Å². The first kappa shape index (κ1) is 8.04. The molecular formula is C7H12N2O2. The summed E-state index contributed by atoms with van der Waals surface area (Å²) in [7, 11) is 1.58. The monoisotopic (exact) mass is 156 g/mol. The smallest absolute Gasteiger partial charge is 0.227 e. The molecule has 1 atom stereocenters. The van der Waals surface area contributed by atoms with E-state index in [9.17, 15) is 9.59 Å². The van der Waals surface area contributed by atoms with Gasteiger partial charge in [-0.15, -0.1) is 0 Å². The van der Waals surface area contributed by atoms with E-state index in [1.807, 2.05) is 0 Å². The third-order valence-electron chi connectivity index (χ3n) is 2.00. The van der Waals surface area contributed by atoms with Gasteiger partial charge in [0, 0.05) is 20.0 Å². The Bertz CT molecular complexity index is 203. The van der Waals surface area contributed by atoms with Crippen LogP contribution in [0.15, 0.2) is 0 Å². The van der Waals surface area contributed by atoms with E-state index in [1.54, 1.807) is 14.0 Å². The Balaban J connectivity index is 2.69. The summed E-state index contributed by atoms with van der Waals surface area (Å²) in [4.78, 5) is 22.0. The summed E-state index contributed by atoms with van der Waals surface area (Å²) in [6, 6.07) is 0. The van der Waals surface area contributed by atoms with Gasteiger partial charge in [-0.2, -0.15) is 0 Å². The van der Waals surface area contributed by atoms with Gasteiger partial charge in [0.2, 0.25) is 11.8 Å². The molecular weight excluding hydrogens is 144 g/mol. The van der Waals surface area contributed by atoms with Gasteiger partial charge < -0.3 is 10.6 Å². The number of nitrogens with one attached hydrogen (secondary N) is 2. The molecule has 1 unspecified atom stereocenters. The fourth-order valence-electron chi connectivity index (χ4n) is 1.24. The first-order valence-corrected chi connectivity index (χ1v) is 3.57. The third kappa shape index (κ3) is 1.34. The molecule has 1 fully saturated rings. The van der Waals surface area contributed by atoms with Crippen LogP contribution in [0.4, 0.5) is 0 Å². The molecule has 0 aromatic carbocycles. The molecule has 62 valence electrons. The van der Waals surface area contributed by atoms with Gasteiger partial charge in [-0.1, -0.05) is 0 Å². The van der Waals surface area contributed by atoms with Crippen LogP contribution in [0.1, 0.15) is 13.3 Å². The zero-order chi connectivity index (χ0) is 8.48. The molecule has 2 amide bonds. The average molecular weight is 156 g/mol. The van der Waals surface area contributed by atoms with Crippen LogP contribution >= 0.6 is 0 Å². The van der Waals surface area contributed by atoms with E-state index in [0.29, 0.717) is 13.0 Å². The molecule has 0 saturated carbocycles. The molecule has 1 saturated heterocycles. The molecule has 1 heterocycles. The molecule has 1 rings (SSSR count). The van der Waals surface area contributed by atoms with Gasteiger partial charge in [-0.05, 0) is 6.92 Å². The lowest BCUT2D eigenvalue weighted by Gasteiger charge is -2.18. The molecule has 1 aliphatic rings. The van der Waals surface area contributed by atoms with Crippen molar-refractivity contribution in [2.75, 3.05) is 13.6 Å². The van der Waals surface area contributed by atoms with Gasteiger partial charge in [0.15, 0.2) is 0 Å². The molecule has 0 bridgehead atoms. The highest BCUT2D eigenvalue weighted by Gasteiger charge is 2.39. The minimum atomic E-state index is -0.536. The van der Waals surface area contributed by atoms with E-state index >= 15 is 0 Å². The number of amides is 2. The van der Waals surface area contributed by atoms with Crippen LogP contribution in [0.5, 0.6) is 0 Å². The Kier molecular flexibility index (Phi) is 1.85. The second kappa shape index (κ2) is 2.53. The van der Waals surface area contributed by atoms with Crippen molar-refractivity contribution in [3.05, 3.63) is 0 Å². The number of hydrogen-bond acceptors (Lipinski definition) is 2. The second-order valence-corrected chi connectivity index (χ2v) is 3.09. The topological polar surface area (TPSA) is 58.2 Å².